The van der Waals surface area contributed by atoms with Gasteiger partial charge in [0, 0.05) is 5.56 Å². The summed E-state index contributed by atoms with van der Waals surface area (Å²) in [7, 11) is 0. The lowest BCUT2D eigenvalue weighted by atomic mass is 10.0. The van der Waals surface area contributed by atoms with E-state index in [2.05, 4.69) is 4.99 Å². The van der Waals surface area contributed by atoms with Crippen LogP contribution in [-0.2, 0) is 0 Å². The van der Waals surface area contributed by atoms with Gasteiger partial charge in [0.1, 0.15) is 5.38 Å². The fourth-order valence-electron chi connectivity index (χ4n) is 1.23. The number of aliphatic imine (C=N–C) groups is 1. The van der Waals surface area contributed by atoms with Gasteiger partial charge < -0.3 is 5.41 Å². The number of rotatable bonds is 0. The molecule has 1 aromatic carbocycles. The molecule has 0 aliphatic carbocycles. The largest absolute Gasteiger partial charge is 0.300 e. The molecule has 1 aliphatic rings. The molecule has 1 unspecified atom stereocenters. The number of benzene rings is 1. The van der Waals surface area contributed by atoms with Crippen LogP contribution in [0.5, 0.6) is 0 Å². The second kappa shape index (κ2) is 3.13. The van der Waals surface area contributed by atoms with Gasteiger partial charge in [-0.05, 0) is 6.07 Å². The standard InChI is InChI=1S/C9H6Cl2N2/c10-7-5-3-1-2-4-6(5)13-9(11)8(7)12/h1-4,7,12H. The van der Waals surface area contributed by atoms with Gasteiger partial charge >= 0.3 is 0 Å². The van der Waals surface area contributed by atoms with Gasteiger partial charge in [-0.2, -0.15) is 0 Å². The van der Waals surface area contributed by atoms with E-state index in [0.717, 1.165) is 11.3 Å². The number of nitrogens with one attached hydrogen (secondary N) is 1. The summed E-state index contributed by atoms with van der Waals surface area (Å²) in [6.45, 7) is 0. The van der Waals surface area contributed by atoms with Crippen molar-refractivity contribution in [2.24, 2.45) is 4.99 Å². The molecule has 1 N–H and O–H groups in total. The highest BCUT2D eigenvalue weighted by Crippen LogP contribution is 2.35. The van der Waals surface area contributed by atoms with Crippen molar-refractivity contribution in [2.45, 2.75) is 5.38 Å². The molecule has 4 heteroatoms. The van der Waals surface area contributed by atoms with E-state index in [4.69, 9.17) is 28.6 Å². The highest BCUT2D eigenvalue weighted by atomic mass is 35.5. The van der Waals surface area contributed by atoms with Gasteiger partial charge in [0.15, 0.2) is 5.17 Å². The second-order valence-corrected chi connectivity index (χ2v) is 3.53. The monoisotopic (exact) mass is 212 g/mol. The number of para-hydroxylation sites is 1. The summed E-state index contributed by atoms with van der Waals surface area (Å²) in [5.74, 6) is 0. The first-order valence-corrected chi connectivity index (χ1v) is 4.57. The van der Waals surface area contributed by atoms with Crippen LogP contribution < -0.4 is 0 Å². The zero-order chi connectivity index (χ0) is 9.42. The van der Waals surface area contributed by atoms with Crippen molar-refractivity contribution < 1.29 is 0 Å². The molecule has 2 rings (SSSR count). The molecule has 0 aromatic heterocycles. The summed E-state index contributed by atoms with van der Waals surface area (Å²) in [5.41, 5.74) is 1.77. The Morgan fingerprint density at radius 2 is 2.00 bits per heavy atom. The Hall–Kier alpha value is -0.860. The van der Waals surface area contributed by atoms with E-state index in [0.29, 0.717) is 0 Å². The molecule has 66 valence electrons. The van der Waals surface area contributed by atoms with Crippen LogP contribution in [0, 0.1) is 5.41 Å². The zero-order valence-electron chi connectivity index (χ0n) is 6.59. The SMILES string of the molecule is N=C1C(Cl)=Nc2ccccc2C1Cl. The molecular weight excluding hydrogens is 207 g/mol. The molecule has 0 fully saturated rings. The Morgan fingerprint density at radius 3 is 2.77 bits per heavy atom. The molecule has 0 bridgehead atoms. The lowest BCUT2D eigenvalue weighted by Crippen LogP contribution is -2.16. The van der Waals surface area contributed by atoms with E-state index in [-0.39, 0.29) is 10.9 Å². The number of alkyl halides is 1. The molecule has 0 saturated heterocycles. The third-order valence-electron chi connectivity index (χ3n) is 1.90. The Balaban J connectivity index is 2.63. The molecule has 0 spiro atoms. The molecule has 1 aromatic rings. The summed E-state index contributed by atoms with van der Waals surface area (Å²) in [6.07, 6.45) is 0. The first-order valence-electron chi connectivity index (χ1n) is 3.76. The van der Waals surface area contributed by atoms with E-state index in [9.17, 15) is 0 Å². The van der Waals surface area contributed by atoms with Gasteiger partial charge in [-0.25, -0.2) is 4.99 Å². The molecule has 1 heterocycles. The quantitative estimate of drug-likeness (QED) is 0.642. The van der Waals surface area contributed by atoms with Crippen LogP contribution in [0.4, 0.5) is 5.69 Å². The summed E-state index contributed by atoms with van der Waals surface area (Å²) < 4.78 is 0. The van der Waals surface area contributed by atoms with E-state index >= 15 is 0 Å². The minimum Gasteiger partial charge on any atom is -0.300 e. The van der Waals surface area contributed by atoms with Gasteiger partial charge in [-0.15, -0.1) is 11.6 Å². The maximum atomic E-state index is 7.54. The van der Waals surface area contributed by atoms with Crippen LogP contribution in [0.3, 0.4) is 0 Å². The van der Waals surface area contributed by atoms with Gasteiger partial charge in [-0.1, -0.05) is 29.8 Å². The molecule has 0 saturated carbocycles. The topological polar surface area (TPSA) is 36.2 Å². The summed E-state index contributed by atoms with van der Waals surface area (Å²) in [5, 5.41) is 7.25. The predicted octanol–water partition coefficient (Wildman–Crippen LogP) is 3.27. The van der Waals surface area contributed by atoms with Crippen molar-refractivity contribution in [3.63, 3.8) is 0 Å². The normalized spacial score (nSPS) is 20.9. The van der Waals surface area contributed by atoms with Crippen molar-refractivity contribution in [3.05, 3.63) is 29.8 Å². The van der Waals surface area contributed by atoms with E-state index < -0.39 is 5.38 Å². The number of halogens is 2. The van der Waals surface area contributed by atoms with Crippen molar-refractivity contribution in [1.82, 2.24) is 0 Å². The average molecular weight is 213 g/mol. The summed E-state index contributed by atoms with van der Waals surface area (Å²) in [6, 6.07) is 7.43. The third-order valence-corrected chi connectivity index (χ3v) is 2.65. The maximum Gasteiger partial charge on any atom is 0.152 e. The smallest absolute Gasteiger partial charge is 0.152 e. The molecule has 13 heavy (non-hydrogen) atoms. The molecule has 2 nitrogen and oxygen atoms in total. The Morgan fingerprint density at radius 1 is 1.31 bits per heavy atom. The minimum atomic E-state index is -0.471. The predicted molar refractivity (Wildman–Crippen MR) is 55.7 cm³/mol. The van der Waals surface area contributed by atoms with Crippen molar-refractivity contribution in [1.29, 1.82) is 5.41 Å². The van der Waals surface area contributed by atoms with Crippen LogP contribution in [-0.4, -0.2) is 10.9 Å². The molecule has 0 amide bonds. The van der Waals surface area contributed by atoms with E-state index in [1.54, 1.807) is 0 Å². The molecule has 1 atom stereocenters. The zero-order valence-corrected chi connectivity index (χ0v) is 8.10. The first-order chi connectivity index (χ1) is 6.20. The number of nitrogens with zero attached hydrogens (tertiary/aromatic N) is 1. The van der Waals surface area contributed by atoms with E-state index in [1.807, 2.05) is 24.3 Å². The van der Waals surface area contributed by atoms with Crippen molar-refractivity contribution >= 4 is 39.8 Å². The third kappa shape index (κ3) is 1.36. The number of hydrogen-bond donors (Lipinski definition) is 1. The second-order valence-electron chi connectivity index (χ2n) is 2.74. The van der Waals surface area contributed by atoms with Crippen LogP contribution in [0.25, 0.3) is 0 Å². The fraction of sp³-hybridized carbons (Fsp3) is 0.111. The molecular formula is C9H6Cl2N2. The fourth-order valence-corrected chi connectivity index (χ4v) is 1.77. The Labute approximate surface area is 85.7 Å². The number of fused-ring (bicyclic) bond motifs is 1. The lowest BCUT2D eigenvalue weighted by Gasteiger charge is -2.17. The highest BCUT2D eigenvalue weighted by Gasteiger charge is 2.24. The highest BCUT2D eigenvalue weighted by molar-refractivity contribution is 6.86. The average Bonchev–Trinajstić information content (AvgIpc) is 2.15. The van der Waals surface area contributed by atoms with Crippen LogP contribution in [0.2, 0.25) is 0 Å². The van der Waals surface area contributed by atoms with Crippen LogP contribution in [0.15, 0.2) is 29.3 Å². The molecule has 1 aliphatic heterocycles. The van der Waals surface area contributed by atoms with Gasteiger partial charge in [-0.3, -0.25) is 0 Å². The Bertz CT molecular complexity index is 398. The van der Waals surface area contributed by atoms with Gasteiger partial charge in [0.05, 0.1) is 11.4 Å². The van der Waals surface area contributed by atoms with Crippen LogP contribution in [0.1, 0.15) is 10.9 Å². The van der Waals surface area contributed by atoms with Crippen molar-refractivity contribution in [3.8, 4) is 0 Å². The van der Waals surface area contributed by atoms with E-state index in [1.165, 1.54) is 0 Å². The van der Waals surface area contributed by atoms with Crippen molar-refractivity contribution in [2.75, 3.05) is 0 Å². The van der Waals surface area contributed by atoms with Gasteiger partial charge in [0.25, 0.3) is 0 Å². The van der Waals surface area contributed by atoms with Crippen LogP contribution >= 0.6 is 23.2 Å². The number of hydrogen-bond acceptors (Lipinski definition) is 2. The maximum absolute atomic E-state index is 7.54. The van der Waals surface area contributed by atoms with Gasteiger partial charge in [0.2, 0.25) is 0 Å². The summed E-state index contributed by atoms with van der Waals surface area (Å²) >= 11 is 11.7. The summed E-state index contributed by atoms with van der Waals surface area (Å²) in [4.78, 5) is 4.05. The lowest BCUT2D eigenvalue weighted by molar-refractivity contribution is 1.22. The minimum absolute atomic E-state index is 0.169. The molecule has 0 radical (unpaired) electrons. The first kappa shape index (κ1) is 8.73. The Kier molecular flexibility index (Phi) is 2.10.